The van der Waals surface area contributed by atoms with Gasteiger partial charge in [-0.1, -0.05) is 151 Å². The lowest BCUT2D eigenvalue weighted by molar-refractivity contribution is 0.794. The largest absolute Gasteiger partial charge is 0.0843 e. The van der Waals surface area contributed by atoms with Crippen molar-refractivity contribution in [1.82, 2.24) is 0 Å². The maximum atomic E-state index is 6.50. The minimum Gasteiger partial charge on any atom is -0.0843 e. The molecule has 0 bridgehead atoms. The summed E-state index contributed by atoms with van der Waals surface area (Å²) < 4.78 is 0. The van der Waals surface area contributed by atoms with Crippen LogP contribution in [0.2, 0.25) is 5.02 Å². The normalized spacial score (nSPS) is 13.5. The molecule has 0 unspecified atom stereocenters. The Morgan fingerprint density at radius 3 is 1.71 bits per heavy atom. The highest BCUT2D eigenvalue weighted by Crippen LogP contribution is 2.65. The van der Waals surface area contributed by atoms with Crippen molar-refractivity contribution in [3.8, 4) is 44.5 Å². The van der Waals surface area contributed by atoms with Gasteiger partial charge >= 0.3 is 0 Å². The molecule has 2 aliphatic carbocycles. The maximum Gasteiger partial charge on any atom is 0.0725 e. The van der Waals surface area contributed by atoms with Crippen LogP contribution in [0.25, 0.3) is 55.3 Å². The van der Waals surface area contributed by atoms with Crippen LogP contribution in [0.15, 0.2) is 152 Å². The molecule has 0 saturated heterocycles. The lowest BCUT2D eigenvalue weighted by atomic mass is 9.70. The summed E-state index contributed by atoms with van der Waals surface area (Å²) in [6.45, 7) is 0. The number of hydrogen-bond donors (Lipinski definition) is 0. The van der Waals surface area contributed by atoms with Crippen LogP contribution in [-0.4, -0.2) is 0 Å². The van der Waals surface area contributed by atoms with Gasteiger partial charge in [-0.25, -0.2) is 0 Å². The molecule has 0 nitrogen and oxygen atoms in total. The Kier molecular flexibility index (Phi) is 4.97. The van der Waals surface area contributed by atoms with Crippen molar-refractivity contribution in [3.63, 3.8) is 0 Å². The number of rotatable bonds is 2. The summed E-state index contributed by atoms with van der Waals surface area (Å²) in [4.78, 5) is 0. The van der Waals surface area contributed by atoms with Crippen molar-refractivity contribution in [1.29, 1.82) is 0 Å². The van der Waals surface area contributed by atoms with Gasteiger partial charge in [0.25, 0.3) is 0 Å². The van der Waals surface area contributed by atoms with E-state index in [2.05, 4.69) is 140 Å². The summed E-state index contributed by atoms with van der Waals surface area (Å²) >= 11 is 6.50. The third-order valence-electron chi connectivity index (χ3n) is 9.36. The number of hydrogen-bond acceptors (Lipinski definition) is 0. The Hall–Kier alpha value is -4.91. The zero-order valence-electron chi connectivity index (χ0n) is 22.8. The van der Waals surface area contributed by atoms with Crippen LogP contribution in [0.1, 0.15) is 22.3 Å². The van der Waals surface area contributed by atoms with E-state index >= 15 is 0 Å². The molecule has 7 aromatic carbocycles. The summed E-state index contributed by atoms with van der Waals surface area (Å²) in [6.07, 6.45) is 0. The van der Waals surface area contributed by atoms with Gasteiger partial charge in [-0.2, -0.15) is 0 Å². The molecule has 2 aliphatic rings. The molecule has 0 heterocycles. The van der Waals surface area contributed by atoms with Gasteiger partial charge in [-0.15, -0.1) is 0 Å². The lowest BCUT2D eigenvalue weighted by Gasteiger charge is -2.30. The quantitative estimate of drug-likeness (QED) is 0.200. The Balaban J connectivity index is 1.46. The summed E-state index contributed by atoms with van der Waals surface area (Å²) in [6, 6.07) is 55.4. The van der Waals surface area contributed by atoms with Gasteiger partial charge in [-0.05, 0) is 89.7 Å². The van der Waals surface area contributed by atoms with Crippen molar-refractivity contribution in [2.24, 2.45) is 0 Å². The van der Waals surface area contributed by atoms with Crippen LogP contribution < -0.4 is 0 Å². The summed E-state index contributed by atoms with van der Waals surface area (Å²) in [7, 11) is 0. The van der Waals surface area contributed by atoms with E-state index in [0.717, 1.165) is 10.6 Å². The molecule has 9 rings (SSSR count). The SMILES string of the molecule is Clc1cccc(-c2ccccc2-c2cccc3c2-c2c(ccc4ccccc24)C32c3ccccc3-c3ccccc32)c1. The van der Waals surface area contributed by atoms with Gasteiger partial charge in [0.2, 0.25) is 0 Å². The Morgan fingerprint density at radius 2 is 0.952 bits per heavy atom. The Bertz CT molecular complexity index is 2170. The predicted octanol–water partition coefficient (Wildman–Crippen LogP) is 11.2. The second kappa shape index (κ2) is 8.79. The monoisotopic (exact) mass is 552 g/mol. The first kappa shape index (κ1) is 23.8. The zero-order valence-corrected chi connectivity index (χ0v) is 23.6. The molecule has 0 atom stereocenters. The third kappa shape index (κ3) is 3.03. The molecule has 0 N–H and O–H groups in total. The summed E-state index contributed by atoms with van der Waals surface area (Å²) in [5.74, 6) is 0. The fraction of sp³-hybridized carbons (Fsp3) is 0.0244. The van der Waals surface area contributed by atoms with Gasteiger partial charge in [0.15, 0.2) is 0 Å². The van der Waals surface area contributed by atoms with E-state index < -0.39 is 0 Å². The smallest absolute Gasteiger partial charge is 0.0725 e. The van der Waals surface area contributed by atoms with Crippen LogP contribution in [0.3, 0.4) is 0 Å². The van der Waals surface area contributed by atoms with Gasteiger partial charge < -0.3 is 0 Å². The highest BCUT2D eigenvalue weighted by Gasteiger charge is 2.52. The standard InChI is InChI=1S/C41H25Cl/c42-28-13-9-12-27(25-28)29-14-3-4-16-31(29)34-19-10-22-37-40(34)39-30-15-2-1-11-26(30)23-24-38(39)41(37)35-20-7-5-17-32(35)33-18-6-8-21-36(33)41/h1-25H. The molecule has 0 aromatic heterocycles. The van der Waals surface area contributed by atoms with Gasteiger partial charge in [0.1, 0.15) is 0 Å². The molecule has 0 fully saturated rings. The van der Waals surface area contributed by atoms with Crippen molar-refractivity contribution in [2.45, 2.75) is 5.41 Å². The molecule has 0 radical (unpaired) electrons. The molecule has 0 amide bonds. The molecule has 7 aromatic rings. The van der Waals surface area contributed by atoms with E-state index in [-0.39, 0.29) is 5.41 Å². The van der Waals surface area contributed by atoms with Crippen LogP contribution in [0.4, 0.5) is 0 Å². The van der Waals surface area contributed by atoms with E-state index in [4.69, 9.17) is 11.6 Å². The first-order chi connectivity index (χ1) is 20.8. The molecule has 1 heteroatoms. The molecule has 0 saturated carbocycles. The van der Waals surface area contributed by atoms with E-state index in [1.807, 2.05) is 12.1 Å². The highest BCUT2D eigenvalue weighted by atomic mass is 35.5. The Morgan fingerprint density at radius 1 is 0.381 bits per heavy atom. The lowest BCUT2D eigenvalue weighted by Crippen LogP contribution is -2.25. The van der Waals surface area contributed by atoms with Crippen LogP contribution in [0.5, 0.6) is 0 Å². The molecule has 1 spiro atoms. The minimum atomic E-state index is -0.386. The highest BCUT2D eigenvalue weighted by molar-refractivity contribution is 6.30. The maximum absolute atomic E-state index is 6.50. The molecular weight excluding hydrogens is 528 g/mol. The molecule has 196 valence electrons. The molecule has 42 heavy (non-hydrogen) atoms. The predicted molar refractivity (Wildman–Crippen MR) is 176 cm³/mol. The second-order valence-electron chi connectivity index (χ2n) is 11.3. The van der Waals surface area contributed by atoms with Crippen LogP contribution >= 0.6 is 11.6 Å². The number of halogens is 1. The number of benzene rings is 7. The first-order valence-corrected chi connectivity index (χ1v) is 14.9. The van der Waals surface area contributed by atoms with Crippen LogP contribution in [-0.2, 0) is 5.41 Å². The first-order valence-electron chi connectivity index (χ1n) is 14.5. The van der Waals surface area contributed by atoms with Gasteiger partial charge in [0, 0.05) is 5.02 Å². The van der Waals surface area contributed by atoms with Crippen LogP contribution in [0, 0.1) is 0 Å². The fourth-order valence-electron chi connectivity index (χ4n) is 7.80. The van der Waals surface area contributed by atoms with Crippen molar-refractivity contribution >= 4 is 22.4 Å². The number of fused-ring (bicyclic) bond motifs is 12. The average molecular weight is 553 g/mol. The second-order valence-corrected chi connectivity index (χ2v) is 11.8. The van der Waals surface area contributed by atoms with E-state index in [9.17, 15) is 0 Å². The van der Waals surface area contributed by atoms with E-state index in [1.165, 1.54) is 72.0 Å². The van der Waals surface area contributed by atoms with Gasteiger partial charge in [-0.3, -0.25) is 0 Å². The molecule has 0 aliphatic heterocycles. The Labute approximate surface area is 250 Å². The van der Waals surface area contributed by atoms with E-state index in [1.54, 1.807) is 0 Å². The van der Waals surface area contributed by atoms with E-state index in [0.29, 0.717) is 0 Å². The average Bonchev–Trinajstić information content (AvgIpc) is 3.52. The van der Waals surface area contributed by atoms with Gasteiger partial charge in [0.05, 0.1) is 5.41 Å². The van der Waals surface area contributed by atoms with Crippen molar-refractivity contribution < 1.29 is 0 Å². The third-order valence-corrected chi connectivity index (χ3v) is 9.59. The summed E-state index contributed by atoms with van der Waals surface area (Å²) in [5.41, 5.74) is 15.1. The minimum absolute atomic E-state index is 0.386. The topological polar surface area (TPSA) is 0 Å². The molecular formula is C41H25Cl. The fourth-order valence-corrected chi connectivity index (χ4v) is 7.99. The zero-order chi connectivity index (χ0) is 27.8. The van der Waals surface area contributed by atoms with Crippen molar-refractivity contribution in [2.75, 3.05) is 0 Å². The summed E-state index contributed by atoms with van der Waals surface area (Å²) in [5, 5.41) is 3.30. The van der Waals surface area contributed by atoms with Crippen molar-refractivity contribution in [3.05, 3.63) is 179 Å².